The van der Waals surface area contributed by atoms with Crippen molar-refractivity contribution in [1.29, 1.82) is 0 Å². The molecule has 35 heavy (non-hydrogen) atoms. The third kappa shape index (κ3) is 6.22. The highest BCUT2D eigenvalue weighted by Crippen LogP contribution is 2.35. The Morgan fingerprint density at radius 1 is 0.886 bits per heavy atom. The number of hydrogen-bond acceptors (Lipinski definition) is 4. The molecule has 2 aliphatic rings. The number of amides is 2. The average molecular weight is 509 g/mol. The molecule has 2 aromatic carbocycles. The first-order valence-electron chi connectivity index (χ1n) is 11.5. The third-order valence-corrected chi connectivity index (χ3v) is 8.31. The fraction of sp³-hybridized carbons (Fsp3) is 0.440. The molecule has 0 saturated carbocycles. The van der Waals surface area contributed by atoms with Gasteiger partial charge in [-0.2, -0.15) is 13.2 Å². The lowest BCUT2D eigenvalue weighted by molar-refractivity contribution is -0.137. The summed E-state index contributed by atoms with van der Waals surface area (Å²) in [5.74, 6) is -0.659. The number of urea groups is 1. The van der Waals surface area contributed by atoms with E-state index in [9.17, 15) is 31.2 Å². The van der Waals surface area contributed by atoms with Gasteiger partial charge in [-0.25, -0.2) is 13.2 Å². The zero-order chi connectivity index (χ0) is 25.2. The smallest absolute Gasteiger partial charge is 0.324 e. The van der Waals surface area contributed by atoms with Gasteiger partial charge in [0.05, 0.1) is 17.1 Å². The molecule has 2 aliphatic heterocycles. The topological polar surface area (TPSA) is 74.8 Å². The van der Waals surface area contributed by atoms with Gasteiger partial charge in [0.15, 0.2) is 15.6 Å². The molecule has 0 N–H and O–H groups in total. The standard InChI is InChI=1S/C25H27F3N2O4S/c26-25(27,28)22-8-6-19(7-9-22)21-14-18(15-23(31)20-4-2-1-3-5-20)16-30(17-21)24(32)29-10-12-35(33,34)13-11-29/h1-9,18,21H,10-17H2. The molecule has 10 heteroatoms. The van der Waals surface area contributed by atoms with Crippen molar-refractivity contribution in [2.24, 2.45) is 5.92 Å². The molecule has 2 amide bonds. The summed E-state index contributed by atoms with van der Waals surface area (Å²) in [6.07, 6.45) is -3.67. The maximum absolute atomic E-state index is 13.3. The van der Waals surface area contributed by atoms with Crippen LogP contribution in [0, 0.1) is 5.92 Å². The van der Waals surface area contributed by atoms with Crippen molar-refractivity contribution in [2.75, 3.05) is 37.7 Å². The number of piperidine rings is 1. The molecule has 0 aliphatic carbocycles. The van der Waals surface area contributed by atoms with Crippen LogP contribution in [-0.4, -0.2) is 67.7 Å². The molecular weight excluding hydrogens is 481 g/mol. The van der Waals surface area contributed by atoms with Crippen molar-refractivity contribution >= 4 is 21.7 Å². The van der Waals surface area contributed by atoms with Crippen LogP contribution in [-0.2, 0) is 16.0 Å². The monoisotopic (exact) mass is 508 g/mol. The molecule has 2 fully saturated rings. The van der Waals surface area contributed by atoms with Crippen LogP contribution >= 0.6 is 0 Å². The van der Waals surface area contributed by atoms with E-state index in [0.717, 1.165) is 12.1 Å². The summed E-state index contributed by atoms with van der Waals surface area (Å²) in [6.45, 7) is 0.841. The lowest BCUT2D eigenvalue weighted by atomic mass is 9.81. The minimum absolute atomic E-state index is 0.0554. The first kappa shape index (κ1) is 25.2. The van der Waals surface area contributed by atoms with E-state index in [0.29, 0.717) is 30.6 Å². The van der Waals surface area contributed by atoms with E-state index >= 15 is 0 Å². The van der Waals surface area contributed by atoms with Gasteiger partial charge in [0.1, 0.15) is 0 Å². The summed E-state index contributed by atoms with van der Waals surface area (Å²) in [5.41, 5.74) is 0.507. The van der Waals surface area contributed by atoms with E-state index in [1.807, 2.05) is 6.07 Å². The van der Waals surface area contributed by atoms with Crippen LogP contribution in [0.15, 0.2) is 54.6 Å². The van der Waals surface area contributed by atoms with Crippen molar-refractivity contribution in [3.8, 4) is 0 Å². The van der Waals surface area contributed by atoms with Crippen molar-refractivity contribution in [2.45, 2.75) is 24.9 Å². The lowest BCUT2D eigenvalue weighted by Crippen LogP contribution is -2.53. The predicted molar refractivity (Wildman–Crippen MR) is 125 cm³/mol. The van der Waals surface area contributed by atoms with Crippen molar-refractivity contribution in [3.05, 3.63) is 71.3 Å². The summed E-state index contributed by atoms with van der Waals surface area (Å²) < 4.78 is 62.6. The van der Waals surface area contributed by atoms with Crippen LogP contribution in [0.1, 0.15) is 40.2 Å². The molecule has 2 unspecified atom stereocenters. The number of Topliss-reactive ketones (excluding diaryl/α,β-unsaturated/α-hetero) is 1. The van der Waals surface area contributed by atoms with E-state index in [2.05, 4.69) is 0 Å². The summed E-state index contributed by atoms with van der Waals surface area (Å²) in [4.78, 5) is 29.2. The van der Waals surface area contributed by atoms with Gasteiger partial charge in [-0.1, -0.05) is 42.5 Å². The summed E-state index contributed by atoms with van der Waals surface area (Å²) >= 11 is 0. The molecule has 188 valence electrons. The number of benzene rings is 2. The van der Waals surface area contributed by atoms with E-state index in [1.165, 1.54) is 17.0 Å². The van der Waals surface area contributed by atoms with Crippen LogP contribution in [0.5, 0.6) is 0 Å². The van der Waals surface area contributed by atoms with E-state index in [-0.39, 0.29) is 54.7 Å². The minimum atomic E-state index is -4.44. The number of carbonyl (C=O) groups excluding carboxylic acids is 2. The molecule has 2 aromatic rings. The van der Waals surface area contributed by atoms with E-state index in [1.54, 1.807) is 29.2 Å². The van der Waals surface area contributed by atoms with Gasteiger partial charge < -0.3 is 9.80 Å². The van der Waals surface area contributed by atoms with Crippen molar-refractivity contribution < 1.29 is 31.2 Å². The van der Waals surface area contributed by atoms with Gasteiger partial charge in [-0.3, -0.25) is 4.79 Å². The highest BCUT2D eigenvalue weighted by atomic mass is 32.2. The van der Waals surface area contributed by atoms with Gasteiger partial charge in [0.2, 0.25) is 0 Å². The van der Waals surface area contributed by atoms with Crippen LogP contribution in [0.3, 0.4) is 0 Å². The van der Waals surface area contributed by atoms with Gasteiger partial charge in [-0.05, 0) is 30.0 Å². The number of alkyl halides is 3. The Balaban J connectivity index is 1.54. The maximum atomic E-state index is 13.3. The first-order chi connectivity index (χ1) is 16.5. The predicted octanol–water partition coefficient (Wildman–Crippen LogP) is 4.23. The molecule has 6 nitrogen and oxygen atoms in total. The Bertz CT molecular complexity index is 1150. The van der Waals surface area contributed by atoms with Crippen molar-refractivity contribution in [3.63, 3.8) is 0 Å². The highest BCUT2D eigenvalue weighted by Gasteiger charge is 2.36. The number of rotatable bonds is 4. The molecule has 0 radical (unpaired) electrons. The van der Waals surface area contributed by atoms with Crippen molar-refractivity contribution in [1.82, 2.24) is 9.80 Å². The van der Waals surface area contributed by atoms with Crippen LogP contribution in [0.25, 0.3) is 0 Å². The largest absolute Gasteiger partial charge is 0.416 e. The Labute approximate surface area is 202 Å². The fourth-order valence-corrected chi connectivity index (χ4v) is 6.00. The van der Waals surface area contributed by atoms with E-state index in [4.69, 9.17) is 0 Å². The van der Waals surface area contributed by atoms with Gasteiger partial charge >= 0.3 is 12.2 Å². The third-order valence-electron chi connectivity index (χ3n) is 6.70. The maximum Gasteiger partial charge on any atom is 0.416 e. The Hall–Kier alpha value is -2.88. The Morgan fingerprint density at radius 2 is 1.51 bits per heavy atom. The molecule has 2 heterocycles. The number of hydrogen-bond donors (Lipinski definition) is 0. The number of halogens is 3. The molecular formula is C25H27F3N2O4S. The first-order valence-corrected chi connectivity index (χ1v) is 13.3. The minimum Gasteiger partial charge on any atom is -0.324 e. The average Bonchev–Trinajstić information content (AvgIpc) is 2.83. The quantitative estimate of drug-likeness (QED) is 0.580. The van der Waals surface area contributed by atoms with Crippen LogP contribution in [0.4, 0.5) is 18.0 Å². The number of ketones is 1. The van der Waals surface area contributed by atoms with Gasteiger partial charge in [-0.15, -0.1) is 0 Å². The summed E-state index contributed by atoms with van der Waals surface area (Å²) in [7, 11) is -3.16. The Morgan fingerprint density at radius 3 is 2.11 bits per heavy atom. The molecule has 4 rings (SSSR count). The van der Waals surface area contributed by atoms with Crippen LogP contribution in [0.2, 0.25) is 0 Å². The van der Waals surface area contributed by atoms with Crippen LogP contribution < -0.4 is 0 Å². The molecule has 0 spiro atoms. The molecule has 2 saturated heterocycles. The number of likely N-dealkylation sites (tertiary alicyclic amines) is 1. The fourth-order valence-electron chi connectivity index (χ4n) is 4.80. The second kappa shape index (κ2) is 10.0. The zero-order valence-electron chi connectivity index (χ0n) is 19.1. The van der Waals surface area contributed by atoms with E-state index < -0.39 is 21.6 Å². The second-order valence-electron chi connectivity index (χ2n) is 9.24. The second-order valence-corrected chi connectivity index (χ2v) is 11.5. The number of carbonyl (C=O) groups is 2. The molecule has 0 bridgehead atoms. The SMILES string of the molecule is O=C(CC1CC(c2ccc(C(F)(F)F)cc2)CN(C(=O)N2CCS(=O)(=O)CC2)C1)c1ccccc1. The summed E-state index contributed by atoms with van der Waals surface area (Å²) in [5, 5.41) is 0. The molecule has 0 aromatic heterocycles. The summed E-state index contributed by atoms with van der Waals surface area (Å²) in [6, 6.07) is 13.5. The number of nitrogens with zero attached hydrogens (tertiary/aromatic N) is 2. The normalized spacial score (nSPS) is 22.6. The zero-order valence-corrected chi connectivity index (χ0v) is 19.9. The molecule has 2 atom stereocenters. The highest BCUT2D eigenvalue weighted by molar-refractivity contribution is 7.91. The number of sulfone groups is 1. The van der Waals surface area contributed by atoms with Gasteiger partial charge in [0.25, 0.3) is 0 Å². The Kier molecular flexibility index (Phi) is 7.21. The van der Waals surface area contributed by atoms with Gasteiger partial charge in [0, 0.05) is 44.1 Å². The lowest BCUT2D eigenvalue weighted by Gasteiger charge is -2.41.